The van der Waals surface area contributed by atoms with E-state index in [4.69, 9.17) is 10.9 Å². The van der Waals surface area contributed by atoms with Gasteiger partial charge < -0.3 is 16.3 Å². The Kier molecular flexibility index (Phi) is 5.64. The molecule has 0 aromatic carbocycles. The number of aromatic nitrogens is 2. The van der Waals surface area contributed by atoms with E-state index in [-0.39, 0.29) is 11.9 Å². The molecule has 102 valence electrons. The van der Waals surface area contributed by atoms with E-state index >= 15 is 0 Å². The van der Waals surface area contributed by atoms with E-state index in [1.807, 2.05) is 17.9 Å². The van der Waals surface area contributed by atoms with Gasteiger partial charge in [-0.15, -0.1) is 0 Å². The zero-order valence-corrected chi connectivity index (χ0v) is 11.3. The van der Waals surface area contributed by atoms with Gasteiger partial charge in [0.2, 0.25) is 0 Å². The molecule has 1 unspecified atom stereocenters. The molecule has 0 radical (unpaired) electrons. The van der Waals surface area contributed by atoms with Crippen molar-refractivity contribution >= 4 is 5.84 Å². The molecule has 0 aliphatic heterocycles. The molecule has 0 aliphatic carbocycles. The van der Waals surface area contributed by atoms with Gasteiger partial charge in [0.25, 0.3) is 0 Å². The summed E-state index contributed by atoms with van der Waals surface area (Å²) in [5.74, 6) is 0.260. The summed E-state index contributed by atoms with van der Waals surface area (Å²) in [5, 5.41) is 19.4. The van der Waals surface area contributed by atoms with Crippen molar-refractivity contribution in [3.05, 3.63) is 17.5 Å². The van der Waals surface area contributed by atoms with Crippen molar-refractivity contribution in [2.75, 3.05) is 0 Å². The molecule has 1 heterocycles. The molecule has 18 heavy (non-hydrogen) atoms. The van der Waals surface area contributed by atoms with Crippen LogP contribution in [-0.2, 0) is 20.0 Å². The van der Waals surface area contributed by atoms with E-state index in [1.54, 1.807) is 0 Å². The molecule has 6 heteroatoms. The van der Waals surface area contributed by atoms with Gasteiger partial charge in [0.05, 0.1) is 5.69 Å². The first-order valence-corrected chi connectivity index (χ1v) is 6.31. The number of oxime groups is 1. The highest BCUT2D eigenvalue weighted by Crippen LogP contribution is 2.08. The zero-order valence-electron chi connectivity index (χ0n) is 11.3. The Morgan fingerprint density at radius 3 is 2.89 bits per heavy atom. The first-order valence-electron chi connectivity index (χ1n) is 6.31. The largest absolute Gasteiger partial charge is 0.409 e. The number of nitrogens with one attached hydrogen (secondary N) is 1. The van der Waals surface area contributed by atoms with Gasteiger partial charge >= 0.3 is 0 Å². The third-order valence-electron chi connectivity index (χ3n) is 2.98. The van der Waals surface area contributed by atoms with Crippen LogP contribution in [0.15, 0.2) is 11.4 Å². The summed E-state index contributed by atoms with van der Waals surface area (Å²) in [6, 6.07) is 0.214. The fourth-order valence-electron chi connectivity index (χ4n) is 1.94. The smallest absolute Gasteiger partial charge is 0.140 e. The Hall–Kier alpha value is -1.56. The molecular formula is C12H23N5O. The molecule has 0 aliphatic rings. The van der Waals surface area contributed by atoms with E-state index in [0.717, 1.165) is 25.1 Å². The van der Waals surface area contributed by atoms with Crippen LogP contribution in [0.5, 0.6) is 0 Å². The molecule has 0 spiro atoms. The second-order valence-corrected chi connectivity index (χ2v) is 4.41. The summed E-state index contributed by atoms with van der Waals surface area (Å²) in [7, 11) is 1.93. The highest BCUT2D eigenvalue weighted by molar-refractivity contribution is 5.80. The van der Waals surface area contributed by atoms with Crippen LogP contribution < -0.4 is 11.1 Å². The van der Waals surface area contributed by atoms with Crippen molar-refractivity contribution in [1.29, 1.82) is 0 Å². The van der Waals surface area contributed by atoms with Crippen LogP contribution in [0.3, 0.4) is 0 Å². The fraction of sp³-hybridized carbons (Fsp3) is 0.667. The molecule has 1 aromatic heterocycles. The lowest BCUT2D eigenvalue weighted by molar-refractivity contribution is 0.315. The Morgan fingerprint density at radius 1 is 1.61 bits per heavy atom. The van der Waals surface area contributed by atoms with Crippen LogP contribution in [-0.4, -0.2) is 26.9 Å². The predicted molar refractivity (Wildman–Crippen MR) is 71.5 cm³/mol. The summed E-state index contributed by atoms with van der Waals surface area (Å²) in [6.45, 7) is 4.93. The number of rotatable bonds is 7. The predicted octanol–water partition coefficient (Wildman–Crippen LogP) is 0.987. The van der Waals surface area contributed by atoms with Crippen molar-refractivity contribution < 1.29 is 5.21 Å². The summed E-state index contributed by atoms with van der Waals surface area (Å²) in [5.41, 5.74) is 7.84. The lowest BCUT2D eigenvalue weighted by Gasteiger charge is -2.15. The monoisotopic (exact) mass is 253 g/mol. The second kappa shape index (κ2) is 7.00. The molecule has 0 bridgehead atoms. The topological polar surface area (TPSA) is 88.5 Å². The van der Waals surface area contributed by atoms with Gasteiger partial charge in [0.1, 0.15) is 5.84 Å². The van der Waals surface area contributed by atoms with Crippen LogP contribution in [0.25, 0.3) is 0 Å². The van der Waals surface area contributed by atoms with E-state index < -0.39 is 0 Å². The number of amidine groups is 1. The maximum atomic E-state index is 8.57. The summed E-state index contributed by atoms with van der Waals surface area (Å²) >= 11 is 0. The molecular weight excluding hydrogens is 230 g/mol. The molecule has 1 aromatic rings. The van der Waals surface area contributed by atoms with Crippen molar-refractivity contribution in [2.45, 2.75) is 45.7 Å². The van der Waals surface area contributed by atoms with Crippen molar-refractivity contribution in [1.82, 2.24) is 15.1 Å². The highest BCUT2D eigenvalue weighted by Gasteiger charge is 2.11. The summed E-state index contributed by atoms with van der Waals surface area (Å²) in [4.78, 5) is 0. The van der Waals surface area contributed by atoms with Crippen molar-refractivity contribution in [2.24, 2.45) is 17.9 Å². The lowest BCUT2D eigenvalue weighted by Crippen LogP contribution is -2.32. The van der Waals surface area contributed by atoms with E-state index in [9.17, 15) is 0 Å². The van der Waals surface area contributed by atoms with Crippen molar-refractivity contribution in [3.8, 4) is 0 Å². The summed E-state index contributed by atoms with van der Waals surface area (Å²) in [6.07, 6.45) is 4.43. The van der Waals surface area contributed by atoms with E-state index in [2.05, 4.69) is 29.4 Å². The fourth-order valence-corrected chi connectivity index (χ4v) is 1.94. The number of nitrogens with two attached hydrogens (primary N) is 1. The second-order valence-electron chi connectivity index (χ2n) is 4.41. The van der Waals surface area contributed by atoms with Gasteiger partial charge in [-0.1, -0.05) is 19.0 Å². The summed E-state index contributed by atoms with van der Waals surface area (Å²) < 4.78 is 1.83. The number of hydrogen-bond donors (Lipinski definition) is 3. The molecule has 6 nitrogen and oxygen atoms in total. The molecule has 0 amide bonds. The minimum Gasteiger partial charge on any atom is -0.409 e. The normalized spacial score (nSPS) is 13.8. The molecule has 1 rings (SSSR count). The zero-order chi connectivity index (χ0) is 13.5. The minimum atomic E-state index is 0.214. The van der Waals surface area contributed by atoms with Crippen LogP contribution >= 0.6 is 0 Å². The Bertz CT molecular complexity index is 399. The van der Waals surface area contributed by atoms with Gasteiger partial charge in [0, 0.05) is 37.8 Å². The average Bonchev–Trinajstić information content (AvgIpc) is 2.74. The van der Waals surface area contributed by atoms with Gasteiger partial charge in [-0.25, -0.2) is 0 Å². The Balaban J connectivity index is 2.56. The third-order valence-corrected chi connectivity index (χ3v) is 2.98. The standard InChI is InChI=1S/C12H23N5O/c1-4-10(6-12(13)16-18)14-7-9-8-17(3)15-11(9)5-2/h8,10,14,18H,4-7H2,1-3H3,(H2,13,16). The Morgan fingerprint density at radius 2 is 2.33 bits per heavy atom. The SMILES string of the molecule is CCc1nn(C)cc1CNC(CC)CC(N)=NO. The first-order chi connectivity index (χ1) is 8.60. The van der Waals surface area contributed by atoms with Gasteiger partial charge in [-0.05, 0) is 12.8 Å². The van der Waals surface area contributed by atoms with Crippen LogP contribution in [0.4, 0.5) is 0 Å². The van der Waals surface area contributed by atoms with E-state index in [1.165, 1.54) is 5.56 Å². The van der Waals surface area contributed by atoms with Gasteiger partial charge in [-0.3, -0.25) is 4.68 Å². The third kappa shape index (κ3) is 4.03. The minimum absolute atomic E-state index is 0.214. The maximum absolute atomic E-state index is 8.57. The van der Waals surface area contributed by atoms with Gasteiger partial charge in [-0.2, -0.15) is 5.10 Å². The molecule has 4 N–H and O–H groups in total. The molecule has 1 atom stereocenters. The Labute approximate surface area is 108 Å². The quantitative estimate of drug-likeness (QED) is 0.292. The number of hydrogen-bond acceptors (Lipinski definition) is 4. The molecule has 0 saturated heterocycles. The number of nitrogens with zero attached hydrogens (tertiary/aromatic N) is 3. The first kappa shape index (κ1) is 14.5. The van der Waals surface area contributed by atoms with Crippen molar-refractivity contribution in [3.63, 3.8) is 0 Å². The molecule has 0 saturated carbocycles. The highest BCUT2D eigenvalue weighted by atomic mass is 16.4. The van der Waals surface area contributed by atoms with Crippen LogP contribution in [0.1, 0.15) is 37.9 Å². The van der Waals surface area contributed by atoms with Crippen LogP contribution in [0.2, 0.25) is 0 Å². The van der Waals surface area contributed by atoms with E-state index in [0.29, 0.717) is 6.42 Å². The van der Waals surface area contributed by atoms with Crippen LogP contribution in [0, 0.1) is 0 Å². The van der Waals surface area contributed by atoms with Gasteiger partial charge in [0.15, 0.2) is 0 Å². The number of aryl methyl sites for hydroxylation is 2. The maximum Gasteiger partial charge on any atom is 0.140 e. The lowest BCUT2D eigenvalue weighted by atomic mass is 10.1. The average molecular weight is 253 g/mol. The molecule has 0 fully saturated rings.